The van der Waals surface area contributed by atoms with Crippen molar-refractivity contribution < 1.29 is 0 Å². The van der Waals surface area contributed by atoms with Gasteiger partial charge in [-0.3, -0.25) is 0 Å². The third-order valence-electron chi connectivity index (χ3n) is 4.92. The van der Waals surface area contributed by atoms with E-state index in [9.17, 15) is 0 Å². The molecule has 1 aromatic rings. The molecule has 1 aromatic carbocycles. The Hall–Kier alpha value is -0.250. The van der Waals surface area contributed by atoms with E-state index < -0.39 is 0 Å². The summed E-state index contributed by atoms with van der Waals surface area (Å²) in [7, 11) is 0. The van der Waals surface area contributed by atoms with E-state index in [1.165, 1.54) is 31.4 Å². The van der Waals surface area contributed by atoms with Gasteiger partial charge in [-0.15, -0.1) is 0 Å². The van der Waals surface area contributed by atoms with Crippen molar-refractivity contribution in [1.82, 2.24) is 0 Å². The molecule has 0 N–H and O–H groups in total. The van der Waals surface area contributed by atoms with Gasteiger partial charge in [0.15, 0.2) is 0 Å². The highest BCUT2D eigenvalue weighted by molar-refractivity contribution is 14.1. The number of fused-ring (bicyclic) bond motifs is 3. The Morgan fingerprint density at radius 1 is 1.12 bits per heavy atom. The minimum atomic E-state index is 0.315. The highest BCUT2D eigenvalue weighted by Crippen LogP contribution is 2.59. The number of nitrogens with zero attached hydrogens (tertiary/aromatic N) is 1. The van der Waals surface area contributed by atoms with Crippen molar-refractivity contribution in [2.45, 2.75) is 50.5 Å². The van der Waals surface area contributed by atoms with E-state index in [0.29, 0.717) is 11.0 Å². The summed E-state index contributed by atoms with van der Waals surface area (Å²) < 4.78 is 2.50. The first-order chi connectivity index (χ1) is 7.59. The van der Waals surface area contributed by atoms with Crippen LogP contribution in [-0.4, -0.2) is 5.54 Å². The summed E-state index contributed by atoms with van der Waals surface area (Å²) >= 11 is 2.52. The second kappa shape index (κ2) is 3.37. The molecule has 1 aliphatic heterocycles. The van der Waals surface area contributed by atoms with Crippen molar-refractivity contribution >= 4 is 28.6 Å². The van der Waals surface area contributed by atoms with Crippen LogP contribution in [0.5, 0.6) is 0 Å². The van der Waals surface area contributed by atoms with Crippen LogP contribution in [0.4, 0.5) is 5.69 Å². The number of rotatable bonds is 0. The molecule has 2 atom stereocenters. The van der Waals surface area contributed by atoms with E-state index in [2.05, 4.69) is 64.1 Å². The smallest absolute Gasteiger partial charge is 0.0597 e. The van der Waals surface area contributed by atoms with Crippen molar-refractivity contribution in [3.05, 3.63) is 29.8 Å². The average Bonchev–Trinajstić information content (AvgIpc) is 2.48. The summed E-state index contributed by atoms with van der Waals surface area (Å²) in [6.07, 6.45) is 5.41. The summed E-state index contributed by atoms with van der Waals surface area (Å²) in [6.45, 7) is 4.91. The standard InChI is InChI=1S/C14H18IN/c1-13-9-5-6-10-14(13,2)16(15)12-8-4-3-7-11(12)13/h3-4,7-8H,5-6,9-10H2,1-2H3. The van der Waals surface area contributed by atoms with Gasteiger partial charge < -0.3 is 3.11 Å². The van der Waals surface area contributed by atoms with Crippen molar-refractivity contribution in [2.24, 2.45) is 0 Å². The number of hydrogen-bond donors (Lipinski definition) is 0. The van der Waals surface area contributed by atoms with Gasteiger partial charge in [0.25, 0.3) is 0 Å². The first-order valence-corrected chi connectivity index (χ1v) is 7.12. The van der Waals surface area contributed by atoms with Gasteiger partial charge in [0.1, 0.15) is 0 Å². The Morgan fingerprint density at radius 3 is 2.62 bits per heavy atom. The average molecular weight is 327 g/mol. The summed E-state index contributed by atoms with van der Waals surface area (Å²) in [6, 6.07) is 8.96. The molecule has 0 bridgehead atoms. The van der Waals surface area contributed by atoms with Gasteiger partial charge in [-0.1, -0.05) is 38.0 Å². The molecule has 0 saturated heterocycles. The van der Waals surface area contributed by atoms with Gasteiger partial charge in [-0.05, 0) is 31.4 Å². The number of anilines is 1. The molecule has 1 nitrogen and oxygen atoms in total. The fourth-order valence-electron chi connectivity index (χ4n) is 3.61. The van der Waals surface area contributed by atoms with Crippen LogP contribution in [0.2, 0.25) is 0 Å². The van der Waals surface area contributed by atoms with Gasteiger partial charge in [-0.2, -0.15) is 0 Å². The molecule has 16 heavy (non-hydrogen) atoms. The molecule has 0 aromatic heterocycles. The SMILES string of the molecule is CC12CCCCC1(C)N(I)c1ccccc12. The van der Waals surface area contributed by atoms with Crippen LogP contribution in [0.1, 0.15) is 45.1 Å². The normalized spacial score (nSPS) is 37.1. The second-order valence-electron chi connectivity index (χ2n) is 5.61. The summed E-state index contributed by atoms with van der Waals surface area (Å²) in [5.41, 5.74) is 3.67. The third-order valence-corrected chi connectivity index (χ3v) is 6.51. The Bertz CT molecular complexity index is 430. The Labute approximate surface area is 112 Å². The molecule has 2 heteroatoms. The maximum absolute atomic E-state index is 2.52. The van der Waals surface area contributed by atoms with E-state index in [1.807, 2.05) is 0 Å². The van der Waals surface area contributed by atoms with E-state index >= 15 is 0 Å². The lowest BCUT2D eigenvalue weighted by atomic mass is 9.62. The largest absolute Gasteiger partial charge is 0.308 e. The molecule has 1 fully saturated rings. The van der Waals surface area contributed by atoms with Crippen LogP contribution in [0.15, 0.2) is 24.3 Å². The van der Waals surface area contributed by atoms with Crippen molar-refractivity contribution in [2.75, 3.05) is 3.11 Å². The molecule has 0 radical (unpaired) electrons. The molecular formula is C14H18IN. The molecule has 0 amide bonds. The molecule has 3 rings (SSSR count). The lowest BCUT2D eigenvalue weighted by Gasteiger charge is -2.48. The lowest BCUT2D eigenvalue weighted by Crippen LogP contribution is -2.52. The van der Waals surface area contributed by atoms with Crippen LogP contribution in [0.25, 0.3) is 0 Å². The fraction of sp³-hybridized carbons (Fsp3) is 0.571. The number of benzene rings is 1. The zero-order valence-corrected chi connectivity index (χ0v) is 12.1. The molecule has 2 aliphatic rings. The highest BCUT2D eigenvalue weighted by Gasteiger charge is 2.56. The Kier molecular flexibility index (Phi) is 2.29. The summed E-state index contributed by atoms with van der Waals surface area (Å²) in [4.78, 5) is 0. The van der Waals surface area contributed by atoms with Gasteiger partial charge >= 0.3 is 0 Å². The minimum Gasteiger partial charge on any atom is -0.308 e. The summed E-state index contributed by atoms with van der Waals surface area (Å²) in [5, 5.41) is 0. The number of para-hydroxylation sites is 1. The first-order valence-electron chi connectivity index (χ1n) is 6.15. The topological polar surface area (TPSA) is 3.24 Å². The quantitative estimate of drug-likeness (QED) is 0.503. The van der Waals surface area contributed by atoms with Crippen LogP contribution >= 0.6 is 22.9 Å². The second-order valence-corrected chi connectivity index (χ2v) is 6.58. The van der Waals surface area contributed by atoms with E-state index in [0.717, 1.165) is 0 Å². The number of halogens is 1. The van der Waals surface area contributed by atoms with E-state index in [-0.39, 0.29) is 0 Å². The predicted molar refractivity (Wildman–Crippen MR) is 77.2 cm³/mol. The van der Waals surface area contributed by atoms with Gasteiger partial charge in [0.05, 0.1) is 34.1 Å². The molecule has 2 unspecified atom stereocenters. The van der Waals surface area contributed by atoms with Gasteiger partial charge in [0, 0.05) is 5.41 Å². The molecule has 1 aliphatic carbocycles. The molecule has 1 saturated carbocycles. The predicted octanol–water partition coefficient (Wildman–Crippen LogP) is 4.45. The zero-order chi connectivity index (χ0) is 11.4. The van der Waals surface area contributed by atoms with Gasteiger partial charge in [0.2, 0.25) is 0 Å². The molecular weight excluding hydrogens is 309 g/mol. The maximum Gasteiger partial charge on any atom is 0.0597 e. The van der Waals surface area contributed by atoms with Crippen molar-refractivity contribution in [3.8, 4) is 0 Å². The van der Waals surface area contributed by atoms with Crippen molar-refractivity contribution in [1.29, 1.82) is 0 Å². The van der Waals surface area contributed by atoms with Crippen LogP contribution in [-0.2, 0) is 5.41 Å². The molecule has 1 heterocycles. The lowest BCUT2D eigenvalue weighted by molar-refractivity contribution is 0.205. The zero-order valence-electron chi connectivity index (χ0n) is 9.96. The number of hydrogen-bond acceptors (Lipinski definition) is 1. The molecule has 0 spiro atoms. The molecule has 86 valence electrons. The Balaban J connectivity index is 2.23. The van der Waals surface area contributed by atoms with Crippen LogP contribution in [0.3, 0.4) is 0 Å². The highest BCUT2D eigenvalue weighted by atomic mass is 127. The van der Waals surface area contributed by atoms with Crippen molar-refractivity contribution in [3.63, 3.8) is 0 Å². The van der Waals surface area contributed by atoms with Crippen LogP contribution in [0, 0.1) is 0 Å². The van der Waals surface area contributed by atoms with Gasteiger partial charge in [-0.25, -0.2) is 0 Å². The van der Waals surface area contributed by atoms with Crippen LogP contribution < -0.4 is 3.11 Å². The van der Waals surface area contributed by atoms with E-state index in [1.54, 1.807) is 5.56 Å². The third kappa shape index (κ3) is 1.12. The van der Waals surface area contributed by atoms with E-state index in [4.69, 9.17) is 0 Å². The minimum absolute atomic E-state index is 0.315. The maximum atomic E-state index is 2.52. The first kappa shape index (κ1) is 10.9. The summed E-state index contributed by atoms with van der Waals surface area (Å²) in [5.74, 6) is 0. The monoisotopic (exact) mass is 327 g/mol. The fourth-order valence-corrected chi connectivity index (χ4v) is 4.80. The Morgan fingerprint density at radius 2 is 1.81 bits per heavy atom.